The Morgan fingerprint density at radius 3 is 2.71 bits per heavy atom. The molecule has 1 aliphatic heterocycles. The maximum atomic E-state index is 12.0. The molecular weight excluding hydrogens is 308 g/mol. The number of ether oxygens (including phenoxy) is 2. The first-order valence-electron chi connectivity index (χ1n) is 7.91. The third kappa shape index (κ3) is 4.74. The van der Waals surface area contributed by atoms with E-state index >= 15 is 0 Å². The van der Waals surface area contributed by atoms with E-state index in [1.54, 1.807) is 42.9 Å². The van der Waals surface area contributed by atoms with Gasteiger partial charge >= 0.3 is 0 Å². The molecule has 1 saturated heterocycles. The van der Waals surface area contributed by atoms with Crippen LogP contribution in [0.3, 0.4) is 0 Å². The van der Waals surface area contributed by atoms with Gasteiger partial charge in [-0.1, -0.05) is 0 Å². The second-order valence-electron chi connectivity index (χ2n) is 5.38. The SMILES string of the molecule is O=C(Nc1ccc(OCCN2CCOCC2)nc1)c1ccncc1. The average molecular weight is 328 g/mol. The molecule has 1 N–H and O–H groups in total. The van der Waals surface area contributed by atoms with Gasteiger partial charge in [-0.15, -0.1) is 0 Å². The molecule has 0 unspecified atom stereocenters. The molecule has 1 fully saturated rings. The average Bonchev–Trinajstić information content (AvgIpc) is 2.65. The Morgan fingerprint density at radius 1 is 1.21 bits per heavy atom. The molecule has 3 rings (SSSR count). The summed E-state index contributed by atoms with van der Waals surface area (Å²) in [6, 6.07) is 6.84. The van der Waals surface area contributed by atoms with Crippen LogP contribution in [0, 0.1) is 0 Å². The molecule has 1 aliphatic rings. The summed E-state index contributed by atoms with van der Waals surface area (Å²) < 4.78 is 10.9. The van der Waals surface area contributed by atoms with Crippen LogP contribution < -0.4 is 10.1 Å². The molecule has 0 atom stereocenters. The molecule has 0 spiro atoms. The van der Waals surface area contributed by atoms with Crippen LogP contribution in [0.4, 0.5) is 5.69 Å². The standard InChI is InChI=1S/C17H20N4O3/c22-17(14-3-5-18-6-4-14)20-15-1-2-16(19-13-15)24-12-9-21-7-10-23-11-8-21/h1-6,13H,7-12H2,(H,20,22). The molecule has 24 heavy (non-hydrogen) atoms. The normalized spacial score (nSPS) is 15.0. The highest BCUT2D eigenvalue weighted by Gasteiger charge is 2.10. The molecule has 7 nitrogen and oxygen atoms in total. The number of aromatic nitrogens is 2. The van der Waals surface area contributed by atoms with Gasteiger partial charge < -0.3 is 14.8 Å². The summed E-state index contributed by atoms with van der Waals surface area (Å²) in [6.45, 7) is 4.88. The molecule has 1 amide bonds. The molecule has 7 heteroatoms. The number of rotatable bonds is 6. The van der Waals surface area contributed by atoms with E-state index in [-0.39, 0.29) is 5.91 Å². The van der Waals surface area contributed by atoms with E-state index in [0.717, 1.165) is 32.8 Å². The Balaban J connectivity index is 1.45. The predicted molar refractivity (Wildman–Crippen MR) is 89.2 cm³/mol. The van der Waals surface area contributed by atoms with Crippen molar-refractivity contribution in [3.63, 3.8) is 0 Å². The number of carbonyl (C=O) groups is 1. The highest BCUT2D eigenvalue weighted by atomic mass is 16.5. The van der Waals surface area contributed by atoms with Crippen LogP contribution in [-0.4, -0.2) is 60.2 Å². The van der Waals surface area contributed by atoms with Gasteiger partial charge in [0.05, 0.1) is 25.1 Å². The first kappa shape index (κ1) is 16.4. The molecule has 2 aromatic heterocycles. The molecule has 0 bridgehead atoms. The fraction of sp³-hybridized carbons (Fsp3) is 0.353. The van der Waals surface area contributed by atoms with Crippen LogP contribution in [0.15, 0.2) is 42.9 Å². The summed E-state index contributed by atoms with van der Waals surface area (Å²) >= 11 is 0. The second kappa shape index (κ2) is 8.37. The molecule has 0 saturated carbocycles. The lowest BCUT2D eigenvalue weighted by Gasteiger charge is -2.26. The van der Waals surface area contributed by atoms with Gasteiger partial charge in [-0.05, 0) is 18.2 Å². The van der Waals surface area contributed by atoms with Crippen LogP contribution in [0.2, 0.25) is 0 Å². The Labute approximate surface area is 140 Å². The minimum absolute atomic E-state index is 0.194. The number of nitrogens with zero attached hydrogens (tertiary/aromatic N) is 3. The summed E-state index contributed by atoms with van der Waals surface area (Å²) in [6.07, 6.45) is 4.75. The van der Waals surface area contributed by atoms with Gasteiger partial charge in [-0.2, -0.15) is 0 Å². The van der Waals surface area contributed by atoms with Crippen molar-refractivity contribution in [2.75, 3.05) is 44.8 Å². The van der Waals surface area contributed by atoms with Crippen molar-refractivity contribution in [2.24, 2.45) is 0 Å². The third-order valence-electron chi connectivity index (χ3n) is 3.70. The third-order valence-corrected chi connectivity index (χ3v) is 3.70. The van der Waals surface area contributed by atoms with E-state index in [0.29, 0.717) is 23.7 Å². The topological polar surface area (TPSA) is 76.6 Å². The van der Waals surface area contributed by atoms with Gasteiger partial charge in [0, 0.05) is 43.7 Å². The van der Waals surface area contributed by atoms with E-state index in [1.165, 1.54) is 0 Å². The number of nitrogens with one attached hydrogen (secondary N) is 1. The molecule has 3 heterocycles. The van der Waals surface area contributed by atoms with E-state index in [1.807, 2.05) is 0 Å². The Bertz CT molecular complexity index is 643. The van der Waals surface area contributed by atoms with Crippen LogP contribution in [-0.2, 0) is 4.74 Å². The highest BCUT2D eigenvalue weighted by molar-refractivity contribution is 6.04. The van der Waals surface area contributed by atoms with E-state index in [4.69, 9.17) is 9.47 Å². The summed E-state index contributed by atoms with van der Waals surface area (Å²) in [4.78, 5) is 22.4. The zero-order chi connectivity index (χ0) is 16.6. The van der Waals surface area contributed by atoms with Crippen LogP contribution >= 0.6 is 0 Å². The molecular formula is C17H20N4O3. The van der Waals surface area contributed by atoms with Gasteiger partial charge in [0.25, 0.3) is 5.91 Å². The van der Waals surface area contributed by atoms with E-state index < -0.39 is 0 Å². The lowest BCUT2D eigenvalue weighted by Crippen LogP contribution is -2.38. The summed E-state index contributed by atoms with van der Waals surface area (Å²) in [7, 11) is 0. The van der Waals surface area contributed by atoms with Gasteiger partial charge in [-0.3, -0.25) is 14.7 Å². The number of anilines is 1. The van der Waals surface area contributed by atoms with E-state index in [2.05, 4.69) is 20.2 Å². The number of pyridine rings is 2. The van der Waals surface area contributed by atoms with Crippen molar-refractivity contribution < 1.29 is 14.3 Å². The maximum absolute atomic E-state index is 12.0. The fourth-order valence-corrected chi connectivity index (χ4v) is 2.35. The zero-order valence-electron chi connectivity index (χ0n) is 13.4. The lowest BCUT2D eigenvalue weighted by molar-refractivity contribution is 0.0320. The van der Waals surface area contributed by atoms with Crippen molar-refractivity contribution in [3.8, 4) is 5.88 Å². The van der Waals surface area contributed by atoms with Crippen LogP contribution in [0.5, 0.6) is 5.88 Å². The predicted octanol–water partition coefficient (Wildman–Crippen LogP) is 1.44. The zero-order valence-corrected chi connectivity index (χ0v) is 13.4. The molecule has 0 aliphatic carbocycles. The number of hydrogen-bond acceptors (Lipinski definition) is 6. The Morgan fingerprint density at radius 2 is 2.00 bits per heavy atom. The molecule has 0 radical (unpaired) electrons. The van der Waals surface area contributed by atoms with Crippen molar-refractivity contribution in [1.29, 1.82) is 0 Å². The molecule has 2 aromatic rings. The second-order valence-corrected chi connectivity index (χ2v) is 5.38. The first-order valence-corrected chi connectivity index (χ1v) is 7.91. The minimum Gasteiger partial charge on any atom is -0.476 e. The number of carbonyl (C=O) groups excluding carboxylic acids is 1. The summed E-state index contributed by atoms with van der Waals surface area (Å²) in [5, 5.41) is 2.79. The molecule has 126 valence electrons. The number of hydrogen-bond donors (Lipinski definition) is 1. The Kier molecular flexibility index (Phi) is 5.70. The van der Waals surface area contributed by atoms with Crippen molar-refractivity contribution in [3.05, 3.63) is 48.4 Å². The maximum Gasteiger partial charge on any atom is 0.255 e. The summed E-state index contributed by atoms with van der Waals surface area (Å²) in [5.74, 6) is 0.352. The van der Waals surface area contributed by atoms with E-state index in [9.17, 15) is 4.79 Å². The fourth-order valence-electron chi connectivity index (χ4n) is 2.35. The first-order chi connectivity index (χ1) is 11.8. The van der Waals surface area contributed by atoms with Crippen molar-refractivity contribution in [1.82, 2.24) is 14.9 Å². The Hall–Kier alpha value is -2.51. The van der Waals surface area contributed by atoms with Crippen molar-refractivity contribution in [2.45, 2.75) is 0 Å². The highest BCUT2D eigenvalue weighted by Crippen LogP contribution is 2.13. The minimum atomic E-state index is -0.194. The van der Waals surface area contributed by atoms with Crippen LogP contribution in [0.1, 0.15) is 10.4 Å². The molecule has 0 aromatic carbocycles. The van der Waals surface area contributed by atoms with Crippen molar-refractivity contribution >= 4 is 11.6 Å². The van der Waals surface area contributed by atoms with Crippen LogP contribution in [0.25, 0.3) is 0 Å². The monoisotopic (exact) mass is 328 g/mol. The van der Waals surface area contributed by atoms with Gasteiger partial charge in [0.2, 0.25) is 5.88 Å². The smallest absolute Gasteiger partial charge is 0.255 e. The number of morpholine rings is 1. The quantitative estimate of drug-likeness (QED) is 0.865. The van der Waals surface area contributed by atoms with Gasteiger partial charge in [-0.25, -0.2) is 4.98 Å². The van der Waals surface area contributed by atoms with Gasteiger partial charge in [0.15, 0.2) is 0 Å². The lowest BCUT2D eigenvalue weighted by atomic mass is 10.2. The number of amides is 1. The van der Waals surface area contributed by atoms with Gasteiger partial charge in [0.1, 0.15) is 6.61 Å². The summed E-state index contributed by atoms with van der Waals surface area (Å²) in [5.41, 5.74) is 1.17. The largest absolute Gasteiger partial charge is 0.476 e.